The fourth-order valence-electron chi connectivity index (χ4n) is 8.45. The topological polar surface area (TPSA) is 54.1 Å². The Bertz CT molecular complexity index is 3180. The van der Waals surface area contributed by atoms with Crippen LogP contribution in [-0.4, -0.2) is 0 Å². The minimum absolute atomic E-state index is 0.0946. The lowest BCUT2D eigenvalue weighted by molar-refractivity contribution is 0.511. The van der Waals surface area contributed by atoms with E-state index in [0.29, 0.717) is 56.4 Å². The lowest BCUT2D eigenvalue weighted by atomic mass is 9.91. The van der Waals surface area contributed by atoms with Crippen molar-refractivity contribution in [2.75, 3.05) is 9.80 Å². The molecule has 10 aromatic rings. The van der Waals surface area contributed by atoms with Gasteiger partial charge >= 0.3 is 0 Å². The molecule has 0 unspecified atom stereocenters. The number of benzene rings is 10. The molecular formula is C54H30F4N4. The molecule has 0 spiro atoms. The Morgan fingerprint density at radius 1 is 0.371 bits per heavy atom. The van der Waals surface area contributed by atoms with Crippen molar-refractivity contribution in [1.29, 1.82) is 10.5 Å². The highest BCUT2D eigenvalue weighted by molar-refractivity contribution is 6.28. The van der Waals surface area contributed by atoms with Crippen molar-refractivity contribution in [2.45, 2.75) is 0 Å². The zero-order chi connectivity index (χ0) is 42.5. The number of halogens is 4. The predicted molar refractivity (Wildman–Crippen MR) is 240 cm³/mol. The van der Waals surface area contributed by atoms with Crippen molar-refractivity contribution < 1.29 is 17.6 Å². The molecule has 0 aromatic heterocycles. The second-order valence-electron chi connectivity index (χ2n) is 14.9. The average Bonchev–Trinajstić information content (AvgIpc) is 3.32. The van der Waals surface area contributed by atoms with Crippen LogP contribution in [0.3, 0.4) is 0 Å². The summed E-state index contributed by atoms with van der Waals surface area (Å²) in [5, 5.41) is 24.5. The van der Waals surface area contributed by atoms with Gasteiger partial charge in [0.1, 0.15) is 0 Å². The molecule has 0 radical (unpaired) electrons. The van der Waals surface area contributed by atoms with Crippen LogP contribution in [0.1, 0.15) is 11.1 Å². The number of anilines is 6. The molecule has 0 aliphatic heterocycles. The van der Waals surface area contributed by atoms with Crippen molar-refractivity contribution >= 4 is 66.4 Å². The average molecular weight is 811 g/mol. The van der Waals surface area contributed by atoms with Gasteiger partial charge in [-0.3, -0.25) is 0 Å². The third-order valence-electron chi connectivity index (χ3n) is 11.3. The first kappa shape index (κ1) is 37.8. The lowest BCUT2D eigenvalue weighted by Gasteiger charge is -2.30. The van der Waals surface area contributed by atoms with Crippen LogP contribution in [0.25, 0.3) is 54.6 Å². The number of nitrogens with zero attached hydrogens (tertiary/aromatic N) is 4. The molecular weight excluding hydrogens is 781 g/mol. The molecule has 62 heavy (non-hydrogen) atoms. The number of nitriles is 2. The molecule has 0 saturated carbocycles. The highest BCUT2D eigenvalue weighted by Gasteiger charge is 2.25. The summed E-state index contributed by atoms with van der Waals surface area (Å²) < 4.78 is 62.8. The van der Waals surface area contributed by atoms with Gasteiger partial charge in [0.05, 0.1) is 34.6 Å². The van der Waals surface area contributed by atoms with Crippen molar-refractivity contribution in [2.24, 2.45) is 0 Å². The van der Waals surface area contributed by atoms with Crippen LogP contribution in [0, 0.1) is 45.9 Å². The summed E-state index contributed by atoms with van der Waals surface area (Å²) in [5.74, 6) is -3.96. The number of rotatable bonds is 8. The maximum atomic E-state index is 15.8. The van der Waals surface area contributed by atoms with Crippen LogP contribution in [-0.2, 0) is 0 Å². The smallest absolute Gasteiger partial charge is 0.166 e. The molecule has 0 heterocycles. The third kappa shape index (κ3) is 6.39. The summed E-state index contributed by atoms with van der Waals surface area (Å²) in [6, 6.07) is 57.3. The Morgan fingerprint density at radius 2 is 0.742 bits per heavy atom. The van der Waals surface area contributed by atoms with E-state index in [2.05, 4.69) is 12.1 Å². The largest absolute Gasteiger partial charge is 0.310 e. The summed E-state index contributed by atoms with van der Waals surface area (Å²) in [5.41, 5.74) is 5.39. The van der Waals surface area contributed by atoms with E-state index in [-0.39, 0.29) is 11.1 Å². The van der Waals surface area contributed by atoms with E-state index < -0.39 is 23.3 Å². The molecule has 4 nitrogen and oxygen atoms in total. The molecule has 0 aliphatic rings. The SMILES string of the molecule is N#Cc1ccc(N(c2cc(F)c(F)c(-c3ccccc3)c2)c2ccc3ccc4c(N(c5ccc(C#N)cc5)c5cc(F)c(F)c(-c6ccccc6)c5)ccc5ccc2c3c54)cc1. The van der Waals surface area contributed by atoms with Crippen molar-refractivity contribution in [3.8, 4) is 34.4 Å². The Balaban J connectivity index is 1.23. The Morgan fingerprint density at radius 3 is 1.11 bits per heavy atom. The highest BCUT2D eigenvalue weighted by Crippen LogP contribution is 2.48. The minimum atomic E-state index is -1.02. The highest BCUT2D eigenvalue weighted by atomic mass is 19.2. The van der Waals surface area contributed by atoms with Gasteiger partial charge in [0, 0.05) is 56.8 Å². The molecule has 0 N–H and O–H groups in total. The van der Waals surface area contributed by atoms with Gasteiger partial charge in [-0.25, -0.2) is 17.6 Å². The molecule has 10 aromatic carbocycles. The van der Waals surface area contributed by atoms with Gasteiger partial charge in [-0.1, -0.05) is 97.1 Å². The maximum Gasteiger partial charge on any atom is 0.166 e. The van der Waals surface area contributed by atoms with E-state index in [1.807, 2.05) is 70.5 Å². The van der Waals surface area contributed by atoms with E-state index in [0.717, 1.165) is 32.3 Å². The van der Waals surface area contributed by atoms with Gasteiger partial charge in [0.25, 0.3) is 0 Å². The number of hydrogen-bond acceptors (Lipinski definition) is 4. The van der Waals surface area contributed by atoms with E-state index >= 15 is 17.6 Å². The minimum Gasteiger partial charge on any atom is -0.310 e. The zero-order valence-corrected chi connectivity index (χ0v) is 32.6. The Hall–Kier alpha value is -8.46. The summed E-state index contributed by atoms with van der Waals surface area (Å²) in [7, 11) is 0. The van der Waals surface area contributed by atoms with Crippen LogP contribution in [0.4, 0.5) is 51.7 Å². The van der Waals surface area contributed by atoms with E-state index in [9.17, 15) is 10.5 Å². The van der Waals surface area contributed by atoms with E-state index in [1.54, 1.807) is 109 Å². The first-order valence-electron chi connectivity index (χ1n) is 19.7. The fraction of sp³-hybridized carbons (Fsp3) is 0. The molecule has 0 saturated heterocycles. The Labute approximate surface area is 353 Å². The van der Waals surface area contributed by atoms with Crippen LogP contribution < -0.4 is 9.80 Å². The van der Waals surface area contributed by atoms with Gasteiger partial charge in [-0.2, -0.15) is 10.5 Å². The predicted octanol–water partition coefficient (Wildman–Crippen LogP) is 15.2. The van der Waals surface area contributed by atoms with E-state index in [1.165, 1.54) is 12.1 Å². The first-order chi connectivity index (χ1) is 30.3. The van der Waals surface area contributed by atoms with Gasteiger partial charge in [0.2, 0.25) is 0 Å². The monoisotopic (exact) mass is 810 g/mol. The van der Waals surface area contributed by atoms with Crippen molar-refractivity contribution in [3.05, 3.63) is 216 Å². The van der Waals surface area contributed by atoms with E-state index in [4.69, 9.17) is 0 Å². The number of hydrogen-bond donors (Lipinski definition) is 0. The second kappa shape index (κ2) is 15.3. The van der Waals surface area contributed by atoms with Gasteiger partial charge in [-0.05, 0) is 105 Å². The van der Waals surface area contributed by atoms with Gasteiger partial charge < -0.3 is 9.80 Å². The summed E-state index contributed by atoms with van der Waals surface area (Å²) in [6.45, 7) is 0. The maximum absolute atomic E-state index is 15.8. The molecule has 8 heteroatoms. The molecule has 0 atom stereocenters. The van der Waals surface area contributed by atoms with Crippen LogP contribution in [0.2, 0.25) is 0 Å². The Kier molecular flexibility index (Phi) is 9.32. The molecule has 0 aliphatic carbocycles. The summed E-state index contributed by atoms with van der Waals surface area (Å²) >= 11 is 0. The van der Waals surface area contributed by atoms with Crippen molar-refractivity contribution in [3.63, 3.8) is 0 Å². The van der Waals surface area contributed by atoms with Crippen LogP contribution >= 0.6 is 0 Å². The van der Waals surface area contributed by atoms with Gasteiger partial charge in [0.15, 0.2) is 23.3 Å². The van der Waals surface area contributed by atoms with Crippen molar-refractivity contribution in [1.82, 2.24) is 0 Å². The quantitative estimate of drug-likeness (QED) is 0.113. The third-order valence-corrected chi connectivity index (χ3v) is 11.3. The molecule has 294 valence electrons. The molecule has 0 bridgehead atoms. The van der Waals surface area contributed by atoms with Crippen LogP contribution in [0.5, 0.6) is 0 Å². The second-order valence-corrected chi connectivity index (χ2v) is 14.9. The summed E-state index contributed by atoms with van der Waals surface area (Å²) in [6.07, 6.45) is 0. The standard InChI is InChI=1S/C54H30F4N4/c55-47-29-41(27-45(53(47)57)35-7-3-1-4-8-35)61(39-19-11-33(31-59)12-20-39)49-25-17-37-16-24-44-50(26-18-38-15-23-43(49)51(37)52(38)44)62(40-21-13-34(32-60)14-22-40)42-28-46(54(58)48(56)30-42)36-9-5-2-6-10-36/h1-30H. The fourth-order valence-corrected chi connectivity index (χ4v) is 8.45. The summed E-state index contributed by atoms with van der Waals surface area (Å²) in [4.78, 5) is 3.72. The van der Waals surface area contributed by atoms with Gasteiger partial charge in [-0.15, -0.1) is 0 Å². The molecule has 0 amide bonds. The molecule has 0 fully saturated rings. The first-order valence-corrected chi connectivity index (χ1v) is 19.7. The zero-order valence-electron chi connectivity index (χ0n) is 32.6. The molecule has 10 rings (SSSR count). The van der Waals surface area contributed by atoms with Crippen LogP contribution in [0.15, 0.2) is 182 Å². The lowest BCUT2D eigenvalue weighted by Crippen LogP contribution is -2.12. The normalized spacial score (nSPS) is 11.2.